The maximum absolute atomic E-state index is 12.7. The van der Waals surface area contributed by atoms with Crippen LogP contribution in [0.4, 0.5) is 30.2 Å². The zero-order chi connectivity index (χ0) is 15.3. The highest BCUT2D eigenvalue weighted by Crippen LogP contribution is 2.31. The van der Waals surface area contributed by atoms with Crippen LogP contribution in [-0.4, -0.2) is 11.5 Å². The van der Waals surface area contributed by atoms with Gasteiger partial charge in [-0.1, -0.05) is 13.0 Å². The smallest absolute Gasteiger partial charge is 0.384 e. The molecular weight excluding hydrogens is 279 g/mol. The minimum atomic E-state index is -4.35. The first-order valence-electron chi connectivity index (χ1n) is 6.62. The summed E-state index contributed by atoms with van der Waals surface area (Å²) in [4.78, 5) is 4.06. The van der Waals surface area contributed by atoms with Crippen molar-refractivity contribution < 1.29 is 13.2 Å². The lowest BCUT2D eigenvalue weighted by atomic mass is 10.2. The van der Waals surface area contributed by atoms with E-state index in [0.29, 0.717) is 11.4 Å². The van der Waals surface area contributed by atoms with Crippen molar-refractivity contribution in [1.82, 2.24) is 4.98 Å². The number of pyridine rings is 1. The van der Waals surface area contributed by atoms with Gasteiger partial charge in [0, 0.05) is 12.2 Å². The molecule has 112 valence electrons. The SMILES string of the molecule is CCCNc1cncc(Nc2cccc(C(F)(F)F)c2)c1. The van der Waals surface area contributed by atoms with E-state index >= 15 is 0 Å². The third kappa shape index (κ3) is 4.37. The predicted molar refractivity (Wildman–Crippen MR) is 77.7 cm³/mol. The van der Waals surface area contributed by atoms with Gasteiger partial charge in [-0.05, 0) is 30.7 Å². The van der Waals surface area contributed by atoms with Gasteiger partial charge >= 0.3 is 6.18 Å². The average molecular weight is 295 g/mol. The van der Waals surface area contributed by atoms with Gasteiger partial charge in [0.25, 0.3) is 0 Å². The van der Waals surface area contributed by atoms with Crippen LogP contribution in [0.15, 0.2) is 42.7 Å². The third-order valence-corrected chi connectivity index (χ3v) is 2.80. The van der Waals surface area contributed by atoms with Crippen molar-refractivity contribution in [2.24, 2.45) is 0 Å². The van der Waals surface area contributed by atoms with E-state index in [4.69, 9.17) is 0 Å². The van der Waals surface area contributed by atoms with Gasteiger partial charge in [0.05, 0.1) is 29.3 Å². The fourth-order valence-corrected chi connectivity index (χ4v) is 1.81. The Morgan fingerprint density at radius 2 is 1.81 bits per heavy atom. The number of benzene rings is 1. The van der Waals surface area contributed by atoms with Gasteiger partial charge < -0.3 is 10.6 Å². The van der Waals surface area contributed by atoms with Gasteiger partial charge in [0.2, 0.25) is 0 Å². The molecule has 0 aliphatic rings. The summed E-state index contributed by atoms with van der Waals surface area (Å²) in [6.45, 7) is 2.86. The molecule has 0 radical (unpaired) electrons. The number of halogens is 3. The minimum absolute atomic E-state index is 0.374. The summed E-state index contributed by atoms with van der Waals surface area (Å²) in [6, 6.07) is 6.89. The number of nitrogens with one attached hydrogen (secondary N) is 2. The molecule has 0 fully saturated rings. The van der Waals surface area contributed by atoms with Crippen LogP contribution in [0.5, 0.6) is 0 Å². The lowest BCUT2D eigenvalue weighted by molar-refractivity contribution is -0.137. The van der Waals surface area contributed by atoms with Crippen LogP contribution in [-0.2, 0) is 6.18 Å². The second kappa shape index (κ2) is 6.47. The van der Waals surface area contributed by atoms with Gasteiger partial charge in [-0.15, -0.1) is 0 Å². The first-order valence-corrected chi connectivity index (χ1v) is 6.62. The molecule has 0 aliphatic carbocycles. The van der Waals surface area contributed by atoms with Gasteiger partial charge in [-0.2, -0.15) is 13.2 Å². The molecule has 0 bridgehead atoms. The number of hydrogen-bond donors (Lipinski definition) is 2. The third-order valence-electron chi connectivity index (χ3n) is 2.80. The molecule has 0 saturated carbocycles. The molecular formula is C15H16F3N3. The minimum Gasteiger partial charge on any atom is -0.384 e. The van der Waals surface area contributed by atoms with Crippen LogP contribution < -0.4 is 10.6 Å². The molecule has 0 amide bonds. The van der Waals surface area contributed by atoms with Crippen molar-refractivity contribution in [2.75, 3.05) is 17.2 Å². The van der Waals surface area contributed by atoms with E-state index in [2.05, 4.69) is 15.6 Å². The number of alkyl halides is 3. The Hall–Kier alpha value is -2.24. The highest BCUT2D eigenvalue weighted by atomic mass is 19.4. The zero-order valence-corrected chi connectivity index (χ0v) is 11.5. The Kier molecular flexibility index (Phi) is 4.67. The van der Waals surface area contributed by atoms with E-state index in [9.17, 15) is 13.2 Å². The molecule has 21 heavy (non-hydrogen) atoms. The van der Waals surface area contributed by atoms with Crippen LogP contribution in [0.2, 0.25) is 0 Å². The monoisotopic (exact) mass is 295 g/mol. The molecule has 1 aromatic carbocycles. The van der Waals surface area contributed by atoms with Crippen molar-refractivity contribution >= 4 is 17.1 Å². The number of hydrogen-bond acceptors (Lipinski definition) is 3. The van der Waals surface area contributed by atoms with E-state index in [1.54, 1.807) is 18.5 Å². The number of anilines is 3. The fraction of sp³-hybridized carbons (Fsp3) is 0.267. The Bertz CT molecular complexity index is 597. The molecule has 0 unspecified atom stereocenters. The van der Waals surface area contributed by atoms with E-state index in [0.717, 1.165) is 30.8 Å². The molecule has 0 spiro atoms. The van der Waals surface area contributed by atoms with Gasteiger partial charge in [-0.3, -0.25) is 4.98 Å². The number of nitrogens with zero attached hydrogens (tertiary/aromatic N) is 1. The average Bonchev–Trinajstić information content (AvgIpc) is 2.45. The van der Waals surface area contributed by atoms with Crippen LogP contribution in [0, 0.1) is 0 Å². The van der Waals surface area contributed by atoms with E-state index < -0.39 is 11.7 Å². The maximum Gasteiger partial charge on any atom is 0.416 e. The van der Waals surface area contributed by atoms with Gasteiger partial charge in [-0.25, -0.2) is 0 Å². The number of rotatable bonds is 5. The Balaban J connectivity index is 2.14. The van der Waals surface area contributed by atoms with Crippen molar-refractivity contribution in [1.29, 1.82) is 0 Å². The molecule has 0 saturated heterocycles. The summed E-state index contributed by atoms with van der Waals surface area (Å²) in [5, 5.41) is 6.10. The second-order valence-corrected chi connectivity index (χ2v) is 4.59. The van der Waals surface area contributed by atoms with Crippen LogP contribution in [0.25, 0.3) is 0 Å². The first kappa shape index (κ1) is 15.2. The lowest BCUT2D eigenvalue weighted by Gasteiger charge is -2.11. The topological polar surface area (TPSA) is 37.0 Å². The Morgan fingerprint density at radius 1 is 1.05 bits per heavy atom. The summed E-state index contributed by atoms with van der Waals surface area (Å²) in [5.41, 5.74) is 1.16. The van der Waals surface area contributed by atoms with Gasteiger partial charge in [0.15, 0.2) is 0 Å². The molecule has 0 atom stereocenters. The van der Waals surface area contributed by atoms with Crippen molar-refractivity contribution in [2.45, 2.75) is 19.5 Å². The van der Waals surface area contributed by atoms with Crippen LogP contribution >= 0.6 is 0 Å². The molecule has 0 aliphatic heterocycles. The summed E-state index contributed by atoms with van der Waals surface area (Å²) in [7, 11) is 0. The molecule has 1 aromatic heterocycles. The van der Waals surface area contributed by atoms with Crippen molar-refractivity contribution in [3.05, 3.63) is 48.3 Å². The fourth-order valence-electron chi connectivity index (χ4n) is 1.81. The number of aromatic nitrogens is 1. The van der Waals surface area contributed by atoms with Crippen molar-refractivity contribution in [3.8, 4) is 0 Å². The summed E-state index contributed by atoms with van der Waals surface area (Å²) in [6.07, 6.45) is -0.129. The van der Waals surface area contributed by atoms with Crippen molar-refractivity contribution in [3.63, 3.8) is 0 Å². The Labute approximate surface area is 121 Å². The molecule has 6 heteroatoms. The largest absolute Gasteiger partial charge is 0.416 e. The summed E-state index contributed by atoms with van der Waals surface area (Å²) < 4.78 is 38.0. The summed E-state index contributed by atoms with van der Waals surface area (Å²) in [5.74, 6) is 0. The Morgan fingerprint density at radius 3 is 2.52 bits per heavy atom. The van der Waals surface area contributed by atoms with E-state index in [1.807, 2.05) is 13.0 Å². The quantitative estimate of drug-likeness (QED) is 0.842. The molecule has 3 nitrogen and oxygen atoms in total. The maximum atomic E-state index is 12.7. The molecule has 2 aromatic rings. The summed E-state index contributed by atoms with van der Waals surface area (Å²) >= 11 is 0. The molecule has 2 N–H and O–H groups in total. The van der Waals surface area contributed by atoms with Crippen LogP contribution in [0.3, 0.4) is 0 Å². The molecule has 1 heterocycles. The predicted octanol–water partition coefficient (Wildman–Crippen LogP) is 4.67. The van der Waals surface area contributed by atoms with Gasteiger partial charge in [0.1, 0.15) is 0 Å². The van der Waals surface area contributed by atoms with E-state index in [-0.39, 0.29) is 0 Å². The second-order valence-electron chi connectivity index (χ2n) is 4.59. The lowest BCUT2D eigenvalue weighted by Crippen LogP contribution is -2.05. The first-order chi connectivity index (χ1) is 9.99. The highest BCUT2D eigenvalue weighted by Gasteiger charge is 2.30. The van der Waals surface area contributed by atoms with E-state index in [1.165, 1.54) is 6.07 Å². The standard InChI is InChI=1S/C15H16F3N3/c1-2-6-20-13-8-14(10-19-9-13)21-12-5-3-4-11(7-12)15(16,17)18/h3-5,7-10,20-21H,2,6H2,1H3. The zero-order valence-electron chi connectivity index (χ0n) is 11.5. The highest BCUT2D eigenvalue weighted by molar-refractivity contribution is 5.63. The van der Waals surface area contributed by atoms with Crippen LogP contribution in [0.1, 0.15) is 18.9 Å². The molecule has 2 rings (SSSR count). The normalized spacial score (nSPS) is 11.2.